The molecule has 1 rings (SSSR count). The van der Waals surface area contributed by atoms with Crippen molar-refractivity contribution < 1.29 is 9.00 Å². The Balaban J connectivity index is 2.37. The Kier molecular flexibility index (Phi) is 5.15. The molecule has 0 radical (unpaired) electrons. The topological polar surface area (TPSA) is 46.2 Å². The van der Waals surface area contributed by atoms with Gasteiger partial charge in [-0.25, -0.2) is 0 Å². The Morgan fingerprint density at radius 2 is 2.31 bits per heavy atom. The van der Waals surface area contributed by atoms with Crippen molar-refractivity contribution in [2.75, 3.05) is 12.8 Å². The first-order valence-electron chi connectivity index (χ1n) is 5.17. The molecule has 1 N–H and O–H groups in total. The van der Waals surface area contributed by atoms with Gasteiger partial charge in [-0.1, -0.05) is 6.92 Å². The fourth-order valence-corrected chi connectivity index (χ4v) is 2.53. The first kappa shape index (κ1) is 13.4. The highest BCUT2D eigenvalue weighted by Crippen LogP contribution is 2.14. The zero-order valence-corrected chi connectivity index (χ0v) is 11.4. The van der Waals surface area contributed by atoms with Crippen molar-refractivity contribution in [2.45, 2.75) is 25.5 Å². The maximum absolute atomic E-state index is 11.7. The maximum Gasteiger partial charge on any atom is 0.261 e. The largest absolute Gasteiger partial charge is 0.351 e. The van der Waals surface area contributed by atoms with E-state index >= 15 is 0 Å². The summed E-state index contributed by atoms with van der Waals surface area (Å²) in [5.74, 6) is -0.0263. The summed E-state index contributed by atoms with van der Waals surface area (Å²) >= 11 is 1.45. The zero-order valence-electron chi connectivity index (χ0n) is 9.78. The van der Waals surface area contributed by atoms with Crippen molar-refractivity contribution in [2.24, 2.45) is 0 Å². The minimum absolute atomic E-state index is 0.0263. The summed E-state index contributed by atoms with van der Waals surface area (Å²) in [5.41, 5.74) is 1.01. The molecule has 1 amide bonds. The van der Waals surface area contributed by atoms with E-state index in [1.165, 1.54) is 11.3 Å². The second kappa shape index (κ2) is 6.15. The number of rotatable bonds is 5. The van der Waals surface area contributed by atoms with Crippen LogP contribution in [-0.2, 0) is 10.8 Å². The number of carbonyl (C=O) groups is 1. The second-order valence-corrected chi connectivity index (χ2v) is 6.50. The highest BCUT2D eigenvalue weighted by atomic mass is 32.2. The summed E-state index contributed by atoms with van der Waals surface area (Å²) in [7, 11) is -0.815. The fourth-order valence-electron chi connectivity index (χ4n) is 1.24. The number of nitrogens with one attached hydrogen (secondary N) is 1. The average Bonchev–Trinajstić information content (AvgIpc) is 2.64. The summed E-state index contributed by atoms with van der Waals surface area (Å²) in [6.45, 7) is 4.44. The number of carbonyl (C=O) groups excluding carboxylic acids is 1. The van der Waals surface area contributed by atoms with E-state index in [0.717, 1.165) is 16.9 Å². The van der Waals surface area contributed by atoms with Gasteiger partial charge < -0.3 is 5.32 Å². The van der Waals surface area contributed by atoms with Gasteiger partial charge in [0.25, 0.3) is 5.91 Å². The third kappa shape index (κ3) is 3.72. The lowest BCUT2D eigenvalue weighted by Crippen LogP contribution is -2.27. The third-order valence-electron chi connectivity index (χ3n) is 2.47. The molecule has 90 valence electrons. The molecular weight excluding hydrogens is 242 g/mol. The van der Waals surface area contributed by atoms with E-state index in [1.807, 2.05) is 25.3 Å². The van der Waals surface area contributed by atoms with Crippen LogP contribution in [0.1, 0.15) is 28.6 Å². The lowest BCUT2D eigenvalue weighted by molar-refractivity contribution is 0.0957. The first-order chi connectivity index (χ1) is 7.52. The molecule has 16 heavy (non-hydrogen) atoms. The average molecular weight is 259 g/mol. The normalized spacial score (nSPS) is 14.4. The Hall–Kier alpha value is -0.680. The highest BCUT2D eigenvalue weighted by molar-refractivity contribution is 7.84. The van der Waals surface area contributed by atoms with Gasteiger partial charge in [0.1, 0.15) is 0 Å². The molecule has 0 aromatic carbocycles. The highest BCUT2D eigenvalue weighted by Gasteiger charge is 2.11. The van der Waals surface area contributed by atoms with Crippen molar-refractivity contribution in [3.8, 4) is 0 Å². The molecule has 1 heterocycles. The molecule has 0 bridgehead atoms. The number of amides is 1. The van der Waals surface area contributed by atoms with Crippen molar-refractivity contribution in [1.82, 2.24) is 5.32 Å². The smallest absolute Gasteiger partial charge is 0.261 e. The maximum atomic E-state index is 11.7. The molecule has 0 spiro atoms. The van der Waals surface area contributed by atoms with Crippen LogP contribution >= 0.6 is 11.3 Å². The van der Waals surface area contributed by atoms with Crippen molar-refractivity contribution >= 4 is 28.0 Å². The van der Waals surface area contributed by atoms with E-state index in [-0.39, 0.29) is 11.2 Å². The summed E-state index contributed by atoms with van der Waals surface area (Å²) in [4.78, 5) is 12.5. The SMILES string of the molecule is Cc1ccsc1C(=O)NCC[C@H](C)[S@](C)=O. The fraction of sp³-hybridized carbons (Fsp3) is 0.545. The van der Waals surface area contributed by atoms with Crippen LogP contribution in [0.25, 0.3) is 0 Å². The monoisotopic (exact) mass is 259 g/mol. The third-order valence-corrected chi connectivity index (χ3v) is 4.86. The summed E-state index contributed by atoms with van der Waals surface area (Å²) in [6, 6.07) is 1.93. The Morgan fingerprint density at radius 1 is 1.62 bits per heavy atom. The molecule has 0 aliphatic heterocycles. The van der Waals surface area contributed by atoms with Gasteiger partial charge in [0, 0.05) is 28.9 Å². The molecule has 0 saturated heterocycles. The van der Waals surface area contributed by atoms with Crippen LogP contribution < -0.4 is 5.32 Å². The molecule has 3 nitrogen and oxygen atoms in total. The Bertz CT molecular complexity index is 387. The number of thiophene rings is 1. The Morgan fingerprint density at radius 3 is 2.81 bits per heavy atom. The zero-order chi connectivity index (χ0) is 12.1. The minimum atomic E-state index is -0.815. The molecule has 0 aliphatic rings. The van der Waals surface area contributed by atoms with E-state index in [4.69, 9.17) is 0 Å². The van der Waals surface area contributed by atoms with Gasteiger partial charge in [-0.3, -0.25) is 9.00 Å². The molecule has 1 aromatic heterocycles. The second-order valence-electron chi connectivity index (χ2n) is 3.79. The van der Waals surface area contributed by atoms with Gasteiger partial charge in [-0.05, 0) is 30.4 Å². The lowest BCUT2D eigenvalue weighted by atomic mass is 10.2. The molecule has 1 aromatic rings. The molecule has 0 unspecified atom stereocenters. The number of hydrogen-bond donors (Lipinski definition) is 1. The van der Waals surface area contributed by atoms with E-state index < -0.39 is 10.8 Å². The molecule has 0 aliphatic carbocycles. The molecule has 0 fully saturated rings. The Labute approximate surface area is 103 Å². The molecular formula is C11H17NO2S2. The minimum Gasteiger partial charge on any atom is -0.351 e. The van der Waals surface area contributed by atoms with Crippen molar-refractivity contribution in [3.63, 3.8) is 0 Å². The van der Waals surface area contributed by atoms with Gasteiger partial charge in [-0.15, -0.1) is 11.3 Å². The summed E-state index contributed by atoms with van der Waals surface area (Å²) in [6.07, 6.45) is 2.44. The first-order valence-corrected chi connectivity index (χ1v) is 7.67. The standard InChI is InChI=1S/C11H17NO2S2/c1-8-5-7-15-10(8)11(13)12-6-4-9(2)16(3)14/h5,7,9H,4,6H2,1-3H3,(H,12,13)/t9-,16-/m0/s1. The van der Waals surface area contributed by atoms with Crippen molar-refractivity contribution in [3.05, 3.63) is 21.9 Å². The van der Waals surface area contributed by atoms with E-state index in [2.05, 4.69) is 5.32 Å². The predicted octanol–water partition coefficient (Wildman–Crippen LogP) is 1.94. The van der Waals surface area contributed by atoms with Gasteiger partial charge >= 0.3 is 0 Å². The van der Waals surface area contributed by atoms with Crippen LogP contribution in [0.2, 0.25) is 0 Å². The van der Waals surface area contributed by atoms with Crippen LogP contribution in [-0.4, -0.2) is 28.2 Å². The van der Waals surface area contributed by atoms with Gasteiger partial charge in [0.05, 0.1) is 4.88 Å². The van der Waals surface area contributed by atoms with Gasteiger partial charge in [0.2, 0.25) is 0 Å². The van der Waals surface area contributed by atoms with Crippen molar-refractivity contribution in [1.29, 1.82) is 0 Å². The lowest BCUT2D eigenvalue weighted by Gasteiger charge is -2.08. The van der Waals surface area contributed by atoms with Gasteiger partial charge in [0.15, 0.2) is 0 Å². The summed E-state index contributed by atoms with van der Waals surface area (Å²) < 4.78 is 11.1. The van der Waals surface area contributed by atoms with Gasteiger partial charge in [-0.2, -0.15) is 0 Å². The molecule has 2 atom stereocenters. The molecule has 0 saturated carbocycles. The number of aryl methyl sites for hydroxylation is 1. The van der Waals surface area contributed by atoms with E-state index in [0.29, 0.717) is 6.54 Å². The number of hydrogen-bond acceptors (Lipinski definition) is 3. The van der Waals surface area contributed by atoms with Crippen LogP contribution in [0.5, 0.6) is 0 Å². The summed E-state index contributed by atoms with van der Waals surface area (Å²) in [5, 5.41) is 4.89. The predicted molar refractivity (Wildman–Crippen MR) is 69.5 cm³/mol. The van der Waals surface area contributed by atoms with E-state index in [1.54, 1.807) is 6.26 Å². The van der Waals surface area contributed by atoms with Crippen LogP contribution in [0.4, 0.5) is 0 Å². The van der Waals surface area contributed by atoms with Crippen LogP contribution in [0.3, 0.4) is 0 Å². The van der Waals surface area contributed by atoms with Crippen LogP contribution in [0.15, 0.2) is 11.4 Å². The van der Waals surface area contributed by atoms with Crippen LogP contribution in [0, 0.1) is 6.92 Å². The molecule has 5 heteroatoms. The quantitative estimate of drug-likeness (QED) is 0.878. The van der Waals surface area contributed by atoms with E-state index in [9.17, 15) is 9.00 Å².